The van der Waals surface area contributed by atoms with Gasteiger partial charge >= 0.3 is 5.97 Å². The third-order valence-corrected chi connectivity index (χ3v) is 1.90. The van der Waals surface area contributed by atoms with Gasteiger partial charge in [0.2, 0.25) is 0 Å². The van der Waals surface area contributed by atoms with Crippen molar-refractivity contribution in [2.45, 2.75) is 32.6 Å². The van der Waals surface area contributed by atoms with E-state index in [1.165, 1.54) is 0 Å². The Morgan fingerprint density at radius 1 is 1.27 bits per heavy atom. The normalized spacial score (nSPS) is 9.40. The molecule has 3 nitrogen and oxygen atoms in total. The highest BCUT2D eigenvalue weighted by Gasteiger charge is 2.09. The van der Waals surface area contributed by atoms with Crippen LogP contribution in [0.5, 0.6) is 0 Å². The van der Waals surface area contributed by atoms with Gasteiger partial charge in [-0.25, -0.2) is 4.79 Å². The fourth-order valence-corrected chi connectivity index (χ4v) is 1.01. The molecule has 0 aliphatic rings. The fraction of sp³-hybridized carbons (Fsp3) is 0.500. The topological polar surface area (TPSA) is 43.4 Å². The predicted octanol–water partition coefficient (Wildman–Crippen LogP) is 2.42. The lowest BCUT2D eigenvalue weighted by Gasteiger charge is -2.04. The van der Waals surface area contributed by atoms with Gasteiger partial charge in [0.25, 0.3) is 0 Å². The molecule has 0 saturated heterocycles. The highest BCUT2D eigenvalue weighted by molar-refractivity contribution is 5.89. The van der Waals surface area contributed by atoms with Gasteiger partial charge in [-0.3, -0.25) is 4.79 Å². The molecule has 0 atom stereocenters. The molecular formula is C12H18O3. The quantitative estimate of drug-likeness (QED) is 0.351. The summed E-state index contributed by atoms with van der Waals surface area (Å²) in [6.07, 6.45) is 3.61. The van der Waals surface area contributed by atoms with Gasteiger partial charge in [0, 0.05) is 18.4 Å². The smallest absolute Gasteiger partial charge is 0.333 e. The first-order valence-electron chi connectivity index (χ1n) is 5.09. The molecule has 0 fully saturated rings. The maximum atomic E-state index is 11.2. The summed E-state index contributed by atoms with van der Waals surface area (Å²) in [6.45, 7) is 9.19. The van der Waals surface area contributed by atoms with E-state index in [-0.39, 0.29) is 5.78 Å². The van der Waals surface area contributed by atoms with Crippen LogP contribution >= 0.6 is 0 Å². The molecule has 0 aliphatic heterocycles. The zero-order valence-electron chi connectivity index (χ0n) is 9.25. The van der Waals surface area contributed by atoms with Crippen LogP contribution in [0.3, 0.4) is 0 Å². The Morgan fingerprint density at radius 2 is 1.93 bits per heavy atom. The third-order valence-electron chi connectivity index (χ3n) is 1.90. The monoisotopic (exact) mass is 210 g/mol. The van der Waals surface area contributed by atoms with Crippen molar-refractivity contribution in [2.24, 2.45) is 0 Å². The second kappa shape index (κ2) is 7.97. The molecule has 0 amide bonds. The SMILES string of the molecule is C=CCCC(=O)CCC(=C)C(=O)OCC. The van der Waals surface area contributed by atoms with Crippen molar-refractivity contribution in [1.29, 1.82) is 0 Å². The Hall–Kier alpha value is -1.38. The lowest BCUT2D eigenvalue weighted by molar-refractivity contribution is -0.138. The van der Waals surface area contributed by atoms with E-state index in [0.717, 1.165) is 0 Å². The summed E-state index contributed by atoms with van der Waals surface area (Å²) in [5, 5.41) is 0. The summed E-state index contributed by atoms with van der Waals surface area (Å²) < 4.78 is 4.75. The fourth-order valence-electron chi connectivity index (χ4n) is 1.01. The molecule has 84 valence electrons. The summed E-state index contributed by atoms with van der Waals surface area (Å²) in [4.78, 5) is 22.4. The average Bonchev–Trinajstić information content (AvgIpc) is 2.23. The zero-order valence-corrected chi connectivity index (χ0v) is 9.25. The van der Waals surface area contributed by atoms with Gasteiger partial charge in [0.1, 0.15) is 5.78 Å². The van der Waals surface area contributed by atoms with Crippen molar-refractivity contribution in [2.75, 3.05) is 6.61 Å². The van der Waals surface area contributed by atoms with Crippen LogP contribution in [0.4, 0.5) is 0 Å². The highest BCUT2D eigenvalue weighted by Crippen LogP contribution is 2.07. The number of hydrogen-bond donors (Lipinski definition) is 0. The van der Waals surface area contributed by atoms with Crippen LogP contribution in [0.15, 0.2) is 24.8 Å². The minimum atomic E-state index is -0.408. The van der Waals surface area contributed by atoms with Crippen molar-refractivity contribution in [3.8, 4) is 0 Å². The van der Waals surface area contributed by atoms with E-state index in [4.69, 9.17) is 4.74 Å². The van der Waals surface area contributed by atoms with E-state index in [1.807, 2.05) is 0 Å². The van der Waals surface area contributed by atoms with Gasteiger partial charge in [-0.2, -0.15) is 0 Å². The average molecular weight is 210 g/mol. The number of carbonyl (C=O) groups excluding carboxylic acids is 2. The standard InChI is InChI=1S/C12H18O3/c1-4-6-7-11(13)9-8-10(3)12(14)15-5-2/h4H,1,3,5-9H2,2H3. The van der Waals surface area contributed by atoms with E-state index < -0.39 is 5.97 Å². The number of esters is 1. The lowest BCUT2D eigenvalue weighted by Crippen LogP contribution is -2.08. The highest BCUT2D eigenvalue weighted by atomic mass is 16.5. The number of allylic oxidation sites excluding steroid dienone is 1. The van der Waals surface area contributed by atoms with Crippen LogP contribution in [0.2, 0.25) is 0 Å². The lowest BCUT2D eigenvalue weighted by atomic mass is 10.1. The third kappa shape index (κ3) is 6.66. The van der Waals surface area contributed by atoms with Gasteiger partial charge in [0.05, 0.1) is 6.61 Å². The van der Waals surface area contributed by atoms with Crippen LogP contribution in [0, 0.1) is 0 Å². The van der Waals surface area contributed by atoms with Crippen molar-refractivity contribution in [3.63, 3.8) is 0 Å². The van der Waals surface area contributed by atoms with Crippen LogP contribution < -0.4 is 0 Å². The Kier molecular flexibility index (Phi) is 7.24. The molecular weight excluding hydrogens is 192 g/mol. The molecule has 15 heavy (non-hydrogen) atoms. The second-order valence-corrected chi connectivity index (χ2v) is 3.19. The second-order valence-electron chi connectivity index (χ2n) is 3.19. The van der Waals surface area contributed by atoms with Gasteiger partial charge in [-0.05, 0) is 19.8 Å². The molecule has 0 rings (SSSR count). The van der Waals surface area contributed by atoms with Gasteiger partial charge in [0.15, 0.2) is 0 Å². The van der Waals surface area contributed by atoms with E-state index in [9.17, 15) is 9.59 Å². The minimum Gasteiger partial charge on any atom is -0.463 e. The van der Waals surface area contributed by atoms with E-state index in [1.54, 1.807) is 13.0 Å². The van der Waals surface area contributed by atoms with Gasteiger partial charge in [-0.15, -0.1) is 6.58 Å². The largest absolute Gasteiger partial charge is 0.463 e. The van der Waals surface area contributed by atoms with Crippen molar-refractivity contribution in [3.05, 3.63) is 24.8 Å². The number of carbonyl (C=O) groups is 2. The molecule has 0 aromatic heterocycles. The Morgan fingerprint density at radius 3 is 2.47 bits per heavy atom. The minimum absolute atomic E-state index is 0.125. The molecule has 0 unspecified atom stereocenters. The van der Waals surface area contributed by atoms with Crippen LogP contribution in [0.25, 0.3) is 0 Å². The summed E-state index contributed by atoms with van der Waals surface area (Å²) in [6, 6.07) is 0. The number of ketones is 1. The summed E-state index contributed by atoms with van der Waals surface area (Å²) in [5.41, 5.74) is 0.365. The maximum Gasteiger partial charge on any atom is 0.333 e. The number of Topliss-reactive ketones (excluding diaryl/α,β-unsaturated/α-hetero) is 1. The van der Waals surface area contributed by atoms with E-state index in [0.29, 0.717) is 37.9 Å². The summed E-state index contributed by atoms with van der Waals surface area (Å²) in [5.74, 6) is -0.283. The van der Waals surface area contributed by atoms with Gasteiger partial charge in [-0.1, -0.05) is 12.7 Å². The van der Waals surface area contributed by atoms with Crippen molar-refractivity contribution >= 4 is 11.8 Å². The number of ether oxygens (including phenoxy) is 1. The molecule has 0 bridgehead atoms. The first kappa shape index (κ1) is 13.6. The van der Waals surface area contributed by atoms with Crippen molar-refractivity contribution in [1.82, 2.24) is 0 Å². The first-order valence-corrected chi connectivity index (χ1v) is 5.09. The van der Waals surface area contributed by atoms with Crippen molar-refractivity contribution < 1.29 is 14.3 Å². The van der Waals surface area contributed by atoms with Crippen LogP contribution in [0.1, 0.15) is 32.6 Å². The molecule has 0 aromatic rings. The zero-order chi connectivity index (χ0) is 11.7. The molecule has 0 N–H and O–H groups in total. The van der Waals surface area contributed by atoms with E-state index in [2.05, 4.69) is 13.2 Å². The molecule has 3 heteroatoms. The first-order chi connectivity index (χ1) is 7.11. The van der Waals surface area contributed by atoms with Crippen LogP contribution in [-0.4, -0.2) is 18.4 Å². The molecule has 0 saturated carbocycles. The summed E-state index contributed by atoms with van der Waals surface area (Å²) in [7, 11) is 0. The Bertz CT molecular complexity index is 254. The van der Waals surface area contributed by atoms with Crippen LogP contribution in [-0.2, 0) is 14.3 Å². The predicted molar refractivity (Wildman–Crippen MR) is 59.4 cm³/mol. The maximum absolute atomic E-state index is 11.2. The molecule has 0 heterocycles. The Balaban J connectivity index is 3.74. The van der Waals surface area contributed by atoms with E-state index >= 15 is 0 Å². The molecule has 0 aromatic carbocycles. The number of hydrogen-bond acceptors (Lipinski definition) is 3. The van der Waals surface area contributed by atoms with Gasteiger partial charge < -0.3 is 4.74 Å². The summed E-state index contributed by atoms with van der Waals surface area (Å²) >= 11 is 0. The molecule has 0 aliphatic carbocycles. The molecule has 0 spiro atoms. The Labute approximate surface area is 90.8 Å². The number of rotatable bonds is 8. The molecule has 0 radical (unpaired) electrons.